The molecular weight excluding hydrogens is 238 g/mol. The van der Waals surface area contributed by atoms with Gasteiger partial charge in [0.05, 0.1) is 5.69 Å². The highest BCUT2D eigenvalue weighted by Gasteiger charge is 2.22. The smallest absolute Gasteiger partial charge is 0.242 e. The molecule has 1 saturated heterocycles. The van der Waals surface area contributed by atoms with Crippen molar-refractivity contribution in [1.29, 1.82) is 0 Å². The van der Waals surface area contributed by atoms with Crippen molar-refractivity contribution in [3.63, 3.8) is 0 Å². The van der Waals surface area contributed by atoms with E-state index in [-0.39, 0.29) is 5.91 Å². The Labute approximate surface area is 114 Å². The lowest BCUT2D eigenvalue weighted by Crippen LogP contribution is -2.38. The maximum absolute atomic E-state index is 12.4. The second-order valence-corrected chi connectivity index (χ2v) is 5.79. The van der Waals surface area contributed by atoms with Gasteiger partial charge < -0.3 is 9.47 Å². The number of hydrogen-bond acceptors (Lipinski definition) is 2. The van der Waals surface area contributed by atoms with Gasteiger partial charge in [-0.1, -0.05) is 0 Å². The van der Waals surface area contributed by atoms with Crippen molar-refractivity contribution in [2.75, 3.05) is 13.1 Å². The van der Waals surface area contributed by atoms with Crippen LogP contribution in [0.5, 0.6) is 0 Å². The van der Waals surface area contributed by atoms with Gasteiger partial charge in [0.2, 0.25) is 5.91 Å². The Balaban J connectivity index is 1.75. The van der Waals surface area contributed by atoms with E-state index in [1.54, 1.807) is 0 Å². The summed E-state index contributed by atoms with van der Waals surface area (Å²) < 4.78 is 2.16. The molecule has 4 nitrogen and oxygen atoms in total. The van der Waals surface area contributed by atoms with Gasteiger partial charge in [0.1, 0.15) is 12.4 Å². The first-order valence-electron chi connectivity index (χ1n) is 7.58. The zero-order valence-electron chi connectivity index (χ0n) is 11.8. The Hall–Kier alpha value is -1.32. The van der Waals surface area contributed by atoms with Gasteiger partial charge in [-0.15, -0.1) is 0 Å². The summed E-state index contributed by atoms with van der Waals surface area (Å²) in [7, 11) is 0. The summed E-state index contributed by atoms with van der Waals surface area (Å²) in [6.07, 6.45) is 8.23. The van der Waals surface area contributed by atoms with E-state index in [1.165, 1.54) is 30.7 Å². The number of aromatic nitrogens is 2. The largest absolute Gasteiger partial charge is 0.341 e. The predicted octanol–water partition coefficient (Wildman–Crippen LogP) is 2.08. The molecule has 1 amide bonds. The van der Waals surface area contributed by atoms with E-state index in [0.717, 1.165) is 44.6 Å². The zero-order valence-corrected chi connectivity index (χ0v) is 11.8. The van der Waals surface area contributed by atoms with Crippen LogP contribution in [0.25, 0.3) is 0 Å². The lowest BCUT2D eigenvalue weighted by atomic mass is 10.0. The number of hydrogen-bond donors (Lipinski definition) is 0. The fourth-order valence-electron chi connectivity index (χ4n) is 3.32. The summed E-state index contributed by atoms with van der Waals surface area (Å²) in [5.41, 5.74) is 2.55. The quantitative estimate of drug-likeness (QED) is 0.817. The van der Waals surface area contributed by atoms with E-state index < -0.39 is 0 Å². The first kappa shape index (κ1) is 12.7. The standard InChI is InChI=1S/C15H23N3O/c1-12-16-13-7-3-4-8-14(13)18(12)11-15(19)17-9-5-2-6-10-17/h2-11H2,1H3. The Morgan fingerprint density at radius 3 is 2.63 bits per heavy atom. The molecule has 1 fully saturated rings. The number of nitrogens with zero attached hydrogens (tertiary/aromatic N) is 3. The number of aryl methyl sites for hydroxylation is 2. The normalized spacial score (nSPS) is 19.3. The number of fused-ring (bicyclic) bond motifs is 1. The van der Waals surface area contributed by atoms with Crippen molar-refractivity contribution < 1.29 is 4.79 Å². The molecule has 1 aliphatic carbocycles. The molecule has 4 heteroatoms. The molecule has 1 aromatic rings. The van der Waals surface area contributed by atoms with Gasteiger partial charge in [0, 0.05) is 18.8 Å². The van der Waals surface area contributed by atoms with E-state index in [1.807, 2.05) is 11.8 Å². The van der Waals surface area contributed by atoms with Crippen molar-refractivity contribution in [2.24, 2.45) is 0 Å². The van der Waals surface area contributed by atoms with Crippen LogP contribution in [0.15, 0.2) is 0 Å². The van der Waals surface area contributed by atoms with E-state index in [4.69, 9.17) is 0 Å². The molecule has 0 aromatic carbocycles. The zero-order chi connectivity index (χ0) is 13.2. The van der Waals surface area contributed by atoms with E-state index >= 15 is 0 Å². The van der Waals surface area contributed by atoms with Crippen LogP contribution in [0.2, 0.25) is 0 Å². The van der Waals surface area contributed by atoms with Crippen molar-refractivity contribution in [1.82, 2.24) is 14.5 Å². The van der Waals surface area contributed by atoms with Crippen LogP contribution in [0, 0.1) is 6.92 Å². The molecule has 19 heavy (non-hydrogen) atoms. The minimum absolute atomic E-state index is 0.272. The first-order chi connectivity index (χ1) is 9.25. The molecule has 104 valence electrons. The first-order valence-corrected chi connectivity index (χ1v) is 7.58. The third kappa shape index (κ3) is 2.53. The Morgan fingerprint density at radius 2 is 1.84 bits per heavy atom. The maximum atomic E-state index is 12.4. The Kier molecular flexibility index (Phi) is 3.58. The molecule has 0 atom stereocenters. The molecule has 1 aliphatic heterocycles. The summed E-state index contributed by atoms with van der Waals surface area (Å²) in [5.74, 6) is 1.28. The minimum atomic E-state index is 0.272. The second kappa shape index (κ2) is 5.35. The fourth-order valence-corrected chi connectivity index (χ4v) is 3.32. The molecule has 3 rings (SSSR count). The molecule has 0 N–H and O–H groups in total. The molecule has 2 heterocycles. The van der Waals surface area contributed by atoms with Crippen molar-refractivity contribution in [2.45, 2.75) is 58.4 Å². The number of imidazole rings is 1. The molecule has 0 unspecified atom stereocenters. The Bertz CT molecular complexity index is 472. The summed E-state index contributed by atoms with van der Waals surface area (Å²) >= 11 is 0. The molecule has 0 radical (unpaired) electrons. The number of amides is 1. The summed E-state index contributed by atoms with van der Waals surface area (Å²) in [5, 5.41) is 0. The molecule has 1 aromatic heterocycles. The van der Waals surface area contributed by atoms with Crippen LogP contribution in [-0.2, 0) is 24.2 Å². The molecule has 2 aliphatic rings. The van der Waals surface area contributed by atoms with Crippen LogP contribution in [0.4, 0.5) is 0 Å². The highest BCUT2D eigenvalue weighted by atomic mass is 16.2. The van der Waals surface area contributed by atoms with Crippen molar-refractivity contribution >= 4 is 5.91 Å². The lowest BCUT2D eigenvalue weighted by molar-refractivity contribution is -0.132. The highest BCUT2D eigenvalue weighted by molar-refractivity contribution is 5.76. The molecular formula is C15H23N3O. The SMILES string of the molecule is Cc1nc2c(n1CC(=O)N1CCCCC1)CCCC2. The molecule has 0 saturated carbocycles. The highest BCUT2D eigenvalue weighted by Crippen LogP contribution is 2.22. The summed E-state index contributed by atoms with van der Waals surface area (Å²) in [6.45, 7) is 4.40. The van der Waals surface area contributed by atoms with Crippen molar-refractivity contribution in [3.8, 4) is 0 Å². The molecule has 0 spiro atoms. The van der Waals surface area contributed by atoms with Crippen LogP contribution in [0.3, 0.4) is 0 Å². The van der Waals surface area contributed by atoms with Gasteiger partial charge >= 0.3 is 0 Å². The van der Waals surface area contributed by atoms with Gasteiger partial charge in [0.15, 0.2) is 0 Å². The van der Waals surface area contributed by atoms with Crippen LogP contribution >= 0.6 is 0 Å². The monoisotopic (exact) mass is 261 g/mol. The lowest BCUT2D eigenvalue weighted by Gasteiger charge is -2.27. The maximum Gasteiger partial charge on any atom is 0.242 e. The Morgan fingerprint density at radius 1 is 1.11 bits per heavy atom. The number of likely N-dealkylation sites (tertiary alicyclic amines) is 1. The van der Waals surface area contributed by atoms with E-state index in [2.05, 4.69) is 9.55 Å². The average molecular weight is 261 g/mol. The predicted molar refractivity (Wildman–Crippen MR) is 74.0 cm³/mol. The third-order valence-electron chi connectivity index (χ3n) is 4.43. The van der Waals surface area contributed by atoms with Gasteiger partial charge in [0.25, 0.3) is 0 Å². The number of rotatable bonds is 2. The van der Waals surface area contributed by atoms with Crippen LogP contribution in [0.1, 0.15) is 49.3 Å². The van der Waals surface area contributed by atoms with Gasteiger partial charge in [-0.25, -0.2) is 4.98 Å². The summed E-state index contributed by atoms with van der Waals surface area (Å²) in [6, 6.07) is 0. The van der Waals surface area contributed by atoms with Crippen molar-refractivity contribution in [3.05, 3.63) is 17.2 Å². The number of carbonyl (C=O) groups excluding carboxylic acids is 1. The average Bonchev–Trinajstić information content (AvgIpc) is 2.76. The number of carbonyl (C=O) groups is 1. The fraction of sp³-hybridized carbons (Fsp3) is 0.733. The van der Waals surface area contributed by atoms with Gasteiger partial charge in [-0.2, -0.15) is 0 Å². The number of piperidine rings is 1. The van der Waals surface area contributed by atoms with E-state index in [9.17, 15) is 4.79 Å². The van der Waals surface area contributed by atoms with Gasteiger partial charge in [-0.3, -0.25) is 4.79 Å². The minimum Gasteiger partial charge on any atom is -0.341 e. The molecule has 0 bridgehead atoms. The topological polar surface area (TPSA) is 38.1 Å². The van der Waals surface area contributed by atoms with E-state index in [0.29, 0.717) is 6.54 Å². The summed E-state index contributed by atoms with van der Waals surface area (Å²) in [4.78, 5) is 19.0. The van der Waals surface area contributed by atoms with Crippen LogP contribution < -0.4 is 0 Å². The van der Waals surface area contributed by atoms with Crippen LogP contribution in [-0.4, -0.2) is 33.4 Å². The second-order valence-electron chi connectivity index (χ2n) is 5.79. The third-order valence-corrected chi connectivity index (χ3v) is 4.43. The van der Waals surface area contributed by atoms with Gasteiger partial charge in [-0.05, 0) is 51.9 Å².